The molecule has 9 amide bonds. The number of esters is 2. The molecule has 0 aromatic carbocycles. The molecule has 66 heavy (non-hydrogen) atoms. The lowest BCUT2D eigenvalue weighted by Crippen LogP contribution is -2.56. The molecular formula is C45H71N9O12. The van der Waals surface area contributed by atoms with Gasteiger partial charge in [-0.1, -0.05) is 83.1 Å². The number of cyclic esters (lactones) is 2. The molecule has 0 saturated carbocycles. The van der Waals surface area contributed by atoms with Crippen molar-refractivity contribution in [1.82, 2.24) is 37.2 Å². The zero-order valence-electron chi connectivity index (χ0n) is 39.2. The van der Waals surface area contributed by atoms with E-state index in [2.05, 4.69) is 56.3 Å². The average Bonchev–Trinajstić information content (AvgIpc) is 3.26. The van der Waals surface area contributed by atoms with Crippen LogP contribution in [-0.4, -0.2) is 117 Å². The summed E-state index contributed by atoms with van der Waals surface area (Å²) in [5.41, 5.74) is 8.57. The van der Waals surface area contributed by atoms with Crippen molar-refractivity contribution in [1.29, 1.82) is 0 Å². The summed E-state index contributed by atoms with van der Waals surface area (Å²) in [4.78, 5) is 117. The molecule has 21 heteroatoms. The highest BCUT2D eigenvalue weighted by atomic mass is 16.6. The van der Waals surface area contributed by atoms with E-state index >= 15 is 0 Å². The number of urea groups is 2. The van der Waals surface area contributed by atoms with E-state index in [1.807, 2.05) is 12.2 Å². The highest BCUT2D eigenvalue weighted by molar-refractivity contribution is 6.02. The van der Waals surface area contributed by atoms with Gasteiger partial charge in [-0.15, -0.1) is 0 Å². The second-order valence-corrected chi connectivity index (χ2v) is 16.1. The van der Waals surface area contributed by atoms with Crippen LogP contribution in [0.25, 0.3) is 0 Å². The van der Waals surface area contributed by atoms with Crippen molar-refractivity contribution in [2.45, 2.75) is 123 Å². The first-order valence-corrected chi connectivity index (χ1v) is 22.1. The largest absolute Gasteiger partial charge is 0.460 e. The average molecular weight is 930 g/mol. The van der Waals surface area contributed by atoms with Crippen LogP contribution in [0.2, 0.25) is 0 Å². The smallest absolute Gasteiger partial charge is 0.325 e. The second-order valence-electron chi connectivity index (χ2n) is 16.1. The van der Waals surface area contributed by atoms with Gasteiger partial charge in [-0.25, -0.2) is 9.59 Å². The Kier molecular flexibility index (Phi) is 27.3. The van der Waals surface area contributed by atoms with Gasteiger partial charge in [0.25, 0.3) is 5.91 Å². The van der Waals surface area contributed by atoms with Crippen LogP contribution in [0.1, 0.15) is 92.9 Å². The summed E-state index contributed by atoms with van der Waals surface area (Å²) in [5.74, 6) is -6.52. The summed E-state index contributed by atoms with van der Waals surface area (Å²) in [6, 6.07) is -4.68. The van der Waals surface area contributed by atoms with Gasteiger partial charge in [-0.05, 0) is 57.9 Å². The summed E-state index contributed by atoms with van der Waals surface area (Å²) in [7, 11) is 1.45. The van der Waals surface area contributed by atoms with Gasteiger partial charge in [0.1, 0.15) is 36.5 Å². The summed E-state index contributed by atoms with van der Waals surface area (Å²) in [5, 5.41) is 16.7. The zero-order valence-corrected chi connectivity index (χ0v) is 39.2. The van der Waals surface area contributed by atoms with E-state index in [4.69, 9.17) is 25.7 Å². The van der Waals surface area contributed by atoms with Crippen LogP contribution in [-0.2, 0) is 47.8 Å². The number of carbonyl (C=O) groups is 9. The third-order valence-corrected chi connectivity index (χ3v) is 9.89. The molecule has 1 aliphatic rings. The third kappa shape index (κ3) is 23.4. The van der Waals surface area contributed by atoms with Crippen LogP contribution in [0.5, 0.6) is 0 Å². The minimum atomic E-state index is -1.56. The fourth-order valence-electron chi connectivity index (χ4n) is 5.93. The molecule has 11 N–H and O–H groups in total. The number of nitrogens with one attached hydrogen (secondary N) is 7. The van der Waals surface area contributed by atoms with Gasteiger partial charge in [0.2, 0.25) is 23.6 Å². The molecule has 0 spiro atoms. The van der Waals surface area contributed by atoms with Crippen molar-refractivity contribution in [2.75, 3.05) is 33.3 Å². The molecular weight excluding hydrogens is 859 g/mol. The van der Waals surface area contributed by atoms with Crippen LogP contribution < -0.4 is 48.7 Å². The van der Waals surface area contributed by atoms with E-state index in [1.165, 1.54) is 33.1 Å². The quantitative estimate of drug-likeness (QED) is 0.0310. The number of hydrogen-bond donors (Lipinski definition) is 9. The van der Waals surface area contributed by atoms with Crippen LogP contribution in [0.4, 0.5) is 9.59 Å². The lowest BCUT2D eigenvalue weighted by molar-refractivity contribution is -0.175. The molecule has 0 unspecified atom stereocenters. The number of allylic oxidation sites excluding steroid dienone is 6. The summed E-state index contributed by atoms with van der Waals surface area (Å²) in [6.45, 7) is 8.37. The predicted molar refractivity (Wildman–Crippen MR) is 245 cm³/mol. The summed E-state index contributed by atoms with van der Waals surface area (Å²) >= 11 is 0. The molecule has 368 valence electrons. The van der Waals surface area contributed by atoms with Crippen molar-refractivity contribution in [3.63, 3.8) is 0 Å². The number of nitrogens with two attached hydrogens (primary N) is 2. The number of ether oxygens (including phenoxy) is 3. The van der Waals surface area contributed by atoms with Crippen LogP contribution in [0, 0.1) is 11.3 Å². The maximum atomic E-state index is 14.1. The first kappa shape index (κ1) is 57.5. The lowest BCUT2D eigenvalue weighted by Gasteiger charge is -2.34. The Bertz CT molecular complexity index is 1810. The number of hydrogen-bond acceptors (Lipinski definition) is 12. The van der Waals surface area contributed by atoms with Gasteiger partial charge in [0, 0.05) is 32.7 Å². The maximum absolute atomic E-state index is 14.1. The maximum Gasteiger partial charge on any atom is 0.325 e. The number of carbonyl (C=O) groups excluding carboxylic acids is 9. The Morgan fingerprint density at radius 2 is 1.58 bits per heavy atom. The van der Waals surface area contributed by atoms with Gasteiger partial charge in [0.15, 0.2) is 0 Å². The van der Waals surface area contributed by atoms with Crippen molar-refractivity contribution in [3.05, 3.63) is 60.4 Å². The molecule has 0 aromatic heterocycles. The van der Waals surface area contributed by atoms with Gasteiger partial charge in [-0.2, -0.15) is 0 Å². The Morgan fingerprint density at radius 1 is 0.894 bits per heavy atom. The number of primary amides is 2. The van der Waals surface area contributed by atoms with E-state index in [-0.39, 0.29) is 43.8 Å². The molecule has 1 aliphatic heterocycles. The Morgan fingerprint density at radius 3 is 2.21 bits per heavy atom. The zero-order chi connectivity index (χ0) is 49.7. The monoisotopic (exact) mass is 930 g/mol. The predicted octanol–water partition coefficient (Wildman–Crippen LogP) is 1.44. The van der Waals surface area contributed by atoms with Crippen molar-refractivity contribution >= 4 is 53.5 Å². The highest BCUT2D eigenvalue weighted by Gasteiger charge is 2.43. The fourth-order valence-corrected chi connectivity index (χ4v) is 5.93. The number of methoxy groups -OCH3 is 1. The van der Waals surface area contributed by atoms with Crippen LogP contribution in [0.3, 0.4) is 0 Å². The van der Waals surface area contributed by atoms with Crippen molar-refractivity contribution in [2.24, 2.45) is 22.8 Å². The Labute approximate surface area is 387 Å². The molecule has 0 aromatic rings. The number of unbranched alkanes of at least 4 members (excludes halogenated alkanes) is 2. The summed E-state index contributed by atoms with van der Waals surface area (Å²) in [6.07, 6.45) is 16.7. The van der Waals surface area contributed by atoms with E-state index in [1.54, 1.807) is 32.9 Å². The molecule has 0 bridgehead atoms. The first-order chi connectivity index (χ1) is 31.2. The normalized spacial score (nSPS) is 22.7. The fraction of sp³-hybridized carbons (Fsp3) is 0.578. The van der Waals surface area contributed by atoms with E-state index < -0.39 is 109 Å². The molecule has 0 fully saturated rings. The van der Waals surface area contributed by atoms with Gasteiger partial charge in [-0.3, -0.25) is 33.6 Å². The lowest BCUT2D eigenvalue weighted by atomic mass is 9.83. The van der Waals surface area contributed by atoms with Crippen molar-refractivity contribution < 1.29 is 57.4 Å². The minimum Gasteiger partial charge on any atom is -0.460 e. The number of amides is 9. The SMILES string of the molecule is CC/C=C1/NC(=O)/C=C/[C@H](C(C)C)OC(=O)C(C)(C)[C@H](C[C@H](/C=C/C=C/C/C=C\CCCC)OC)OC(=O)CNC(=O)[C@H](CNC(N)=O)NC(=O)CNC(=O)[C@@H](CCCNC(N)=O)NC1=O. The van der Waals surface area contributed by atoms with Gasteiger partial charge in [0.05, 0.1) is 18.1 Å². The highest BCUT2D eigenvalue weighted by Crippen LogP contribution is 2.31. The van der Waals surface area contributed by atoms with Crippen LogP contribution >= 0.6 is 0 Å². The molecule has 1 heterocycles. The molecule has 0 aliphatic carbocycles. The molecule has 5 atom stereocenters. The summed E-state index contributed by atoms with van der Waals surface area (Å²) < 4.78 is 17.5. The minimum absolute atomic E-state index is 0.0336. The standard InChI is InChI=1S/C45H71N9O12/c1-8-10-11-12-13-14-15-16-17-20-30(64-7)25-35-45(5,6)42(61)65-34(29(3)4)22-23-36(55)52-31(19-9-2)41(60)54-32(21-18-24-48-43(46)62)39(58)49-27-37(56)53-33(26-51-44(47)63)40(59)50-28-38(57)66-35/h12-13,15-17,19-20,22-23,29-30,32-35H,8-11,14,18,21,24-28H2,1-7H3,(H,49,58)(H,50,59)(H,52,55)(H,53,56)(H,54,60)(H3,46,48,62)(H3,47,51,63)/b13-12-,16-15+,20-17+,23-22+,31-19+/t30-,32+,33-,34+,35-/m0/s1. The first-order valence-electron chi connectivity index (χ1n) is 22.1. The molecule has 0 radical (unpaired) electrons. The Balaban J connectivity index is 3.67. The van der Waals surface area contributed by atoms with Gasteiger partial charge < -0.3 is 62.9 Å². The molecule has 1 rings (SSSR count). The van der Waals surface area contributed by atoms with Crippen molar-refractivity contribution in [3.8, 4) is 0 Å². The van der Waals surface area contributed by atoms with Gasteiger partial charge >= 0.3 is 24.0 Å². The molecule has 21 nitrogen and oxygen atoms in total. The Hall–Kier alpha value is -6.51. The molecule has 0 saturated heterocycles. The van der Waals surface area contributed by atoms with E-state index in [9.17, 15) is 43.2 Å². The third-order valence-electron chi connectivity index (χ3n) is 9.89. The second kappa shape index (κ2) is 31.4. The van der Waals surface area contributed by atoms with E-state index in [0.29, 0.717) is 0 Å². The number of rotatable bonds is 18. The van der Waals surface area contributed by atoms with E-state index in [0.717, 1.165) is 31.8 Å². The van der Waals surface area contributed by atoms with Crippen LogP contribution in [0.15, 0.2) is 60.4 Å². The topological polar surface area (TPSA) is 318 Å².